The molecular weight excluding hydrogens is 372 g/mol. The molecule has 158 valence electrons. The van der Waals surface area contributed by atoms with E-state index in [1.807, 2.05) is 0 Å². The van der Waals surface area contributed by atoms with Gasteiger partial charge in [-0.3, -0.25) is 0 Å². The third-order valence-corrected chi connectivity index (χ3v) is 10.1. The first-order valence-corrected chi connectivity index (χ1v) is 12.4. The molecule has 0 unspecified atom stereocenters. The first kappa shape index (κ1) is 24.7. The van der Waals surface area contributed by atoms with Gasteiger partial charge in [-0.15, -0.1) is 0 Å². The number of hydrogen-bond acceptors (Lipinski definition) is 1. The van der Waals surface area contributed by atoms with E-state index in [4.69, 9.17) is 5.26 Å². The number of rotatable bonds is 3. The Morgan fingerprint density at radius 2 is 0.815 bits per heavy atom. The second-order valence-electron chi connectivity index (χ2n) is 8.04. The van der Waals surface area contributed by atoms with Crippen LogP contribution >= 0.6 is 7.92 Å². The van der Waals surface area contributed by atoms with Crippen molar-refractivity contribution in [2.24, 2.45) is 0 Å². The minimum absolute atomic E-state index is 0.385. The molecule has 0 aromatic rings. The minimum Gasteiger partial charge on any atom is -0.418 e. The predicted molar refractivity (Wildman–Crippen MR) is 109 cm³/mol. The van der Waals surface area contributed by atoms with Crippen LogP contribution < -0.4 is 0 Å². The van der Waals surface area contributed by atoms with Gasteiger partial charge in [0.05, 0.1) is 6.07 Å². The van der Waals surface area contributed by atoms with Gasteiger partial charge >= 0.3 is 7.25 Å². The van der Waals surface area contributed by atoms with Gasteiger partial charge in [-0.1, -0.05) is 65.7 Å². The van der Waals surface area contributed by atoms with E-state index in [2.05, 4.69) is 0 Å². The lowest BCUT2D eigenvalue weighted by Crippen LogP contribution is -2.28. The monoisotopic (exact) mass is 408 g/mol. The third kappa shape index (κ3) is 11.3. The summed E-state index contributed by atoms with van der Waals surface area (Å²) in [5, 5.41) is 7.32. The summed E-state index contributed by atoms with van der Waals surface area (Å²) in [6, 6.07) is 1.75. The van der Waals surface area contributed by atoms with Crippen LogP contribution in [0.3, 0.4) is 0 Å². The molecule has 0 aliphatic heterocycles. The highest BCUT2D eigenvalue weighted by Gasteiger charge is 2.36. The molecule has 0 spiro atoms. The number of nitriles is 1. The van der Waals surface area contributed by atoms with Crippen LogP contribution in [-0.2, 0) is 0 Å². The van der Waals surface area contributed by atoms with Gasteiger partial charge in [-0.25, -0.2) is 0 Å². The standard InChI is InChI=1S/C18H33P.C2H3N.BF4/c1-4-10-16(11-5-1)19(17-12-6-2-7-13-17)18-14-8-3-9-15-18;1-2-3;2-1(3,4)5/h16-18H,1-15H2;1H3;/q;;-1. The molecule has 3 rings (SSSR count). The van der Waals surface area contributed by atoms with Gasteiger partial charge in [-0.05, 0) is 55.5 Å². The van der Waals surface area contributed by atoms with Gasteiger partial charge in [0.25, 0.3) is 0 Å². The van der Waals surface area contributed by atoms with Gasteiger partial charge < -0.3 is 17.3 Å². The highest BCUT2D eigenvalue weighted by molar-refractivity contribution is 7.60. The summed E-state index contributed by atoms with van der Waals surface area (Å²) in [6.07, 6.45) is 23.6. The molecule has 0 heterocycles. The van der Waals surface area contributed by atoms with Crippen molar-refractivity contribution in [1.29, 1.82) is 5.26 Å². The summed E-state index contributed by atoms with van der Waals surface area (Å²) in [5.74, 6) is 0. The van der Waals surface area contributed by atoms with Crippen LogP contribution in [0, 0.1) is 11.3 Å². The van der Waals surface area contributed by atoms with Crippen molar-refractivity contribution in [2.75, 3.05) is 0 Å². The summed E-state index contributed by atoms with van der Waals surface area (Å²) in [4.78, 5) is 0. The van der Waals surface area contributed by atoms with Crippen molar-refractivity contribution in [3.8, 4) is 6.07 Å². The highest BCUT2D eigenvalue weighted by Crippen LogP contribution is 2.61. The maximum absolute atomic E-state index is 9.75. The zero-order chi connectivity index (χ0) is 20.1. The van der Waals surface area contributed by atoms with Gasteiger partial charge in [0, 0.05) is 6.92 Å². The van der Waals surface area contributed by atoms with Gasteiger partial charge in [0.15, 0.2) is 0 Å². The minimum atomic E-state index is -6.00. The van der Waals surface area contributed by atoms with Crippen LogP contribution in [0.15, 0.2) is 0 Å². The van der Waals surface area contributed by atoms with Crippen LogP contribution in [0.25, 0.3) is 0 Å². The second kappa shape index (κ2) is 13.8. The van der Waals surface area contributed by atoms with Crippen molar-refractivity contribution in [1.82, 2.24) is 0 Å². The smallest absolute Gasteiger partial charge is 0.418 e. The molecule has 0 atom stereocenters. The highest BCUT2D eigenvalue weighted by atomic mass is 31.1. The number of nitrogens with zero attached hydrogens (tertiary/aromatic N) is 1. The van der Waals surface area contributed by atoms with Gasteiger partial charge in [0.1, 0.15) is 0 Å². The van der Waals surface area contributed by atoms with Crippen molar-refractivity contribution < 1.29 is 17.3 Å². The summed E-state index contributed by atoms with van der Waals surface area (Å²) in [5.41, 5.74) is 3.57. The summed E-state index contributed by atoms with van der Waals surface area (Å²) >= 11 is 0. The largest absolute Gasteiger partial charge is 0.673 e. The second-order valence-corrected chi connectivity index (χ2v) is 11.1. The van der Waals surface area contributed by atoms with Crippen LogP contribution in [0.2, 0.25) is 0 Å². The van der Waals surface area contributed by atoms with E-state index in [0.29, 0.717) is 7.92 Å². The molecule has 27 heavy (non-hydrogen) atoms. The molecule has 0 N–H and O–H groups in total. The predicted octanol–water partition coefficient (Wildman–Crippen LogP) is 8.30. The SMILES string of the molecule is C1CCC(P(C2CCCCC2)C2CCCCC2)CC1.CC#N.F[B-](F)(F)F. The number of halogens is 4. The van der Waals surface area contributed by atoms with E-state index in [9.17, 15) is 17.3 Å². The average Bonchev–Trinajstić information content (AvgIpc) is 2.64. The van der Waals surface area contributed by atoms with Crippen LogP contribution in [0.1, 0.15) is 103 Å². The Hall–Kier alpha value is -0.295. The Morgan fingerprint density at radius 1 is 0.630 bits per heavy atom. The Bertz CT molecular complexity index is 360. The number of hydrogen-bond donors (Lipinski definition) is 0. The molecule has 1 nitrogen and oxygen atoms in total. The summed E-state index contributed by atoms with van der Waals surface area (Å²) in [6.45, 7) is 1.43. The van der Waals surface area contributed by atoms with E-state index < -0.39 is 7.25 Å². The summed E-state index contributed by atoms with van der Waals surface area (Å²) < 4.78 is 39.0. The first-order chi connectivity index (χ1) is 12.9. The van der Waals surface area contributed by atoms with Crippen LogP contribution in [-0.4, -0.2) is 24.2 Å². The Morgan fingerprint density at radius 3 is 1.00 bits per heavy atom. The van der Waals surface area contributed by atoms with Crippen LogP contribution in [0.5, 0.6) is 0 Å². The zero-order valence-electron chi connectivity index (χ0n) is 16.8. The van der Waals surface area contributed by atoms with Gasteiger partial charge in [0.2, 0.25) is 0 Å². The Balaban J connectivity index is 0.000000390. The fraction of sp³-hybridized carbons (Fsp3) is 0.950. The lowest BCUT2D eigenvalue weighted by atomic mass is 9.99. The molecular formula is C20H36BF4NP-. The van der Waals surface area contributed by atoms with E-state index in [-0.39, 0.29) is 0 Å². The quantitative estimate of drug-likeness (QED) is 0.262. The van der Waals surface area contributed by atoms with Crippen molar-refractivity contribution in [2.45, 2.75) is 120 Å². The summed E-state index contributed by atoms with van der Waals surface area (Å²) in [7, 11) is -5.62. The molecule has 7 heteroatoms. The molecule has 3 aliphatic rings. The lowest BCUT2D eigenvalue weighted by molar-refractivity contribution is 0.368. The topological polar surface area (TPSA) is 23.8 Å². The zero-order valence-corrected chi connectivity index (χ0v) is 17.7. The normalized spacial score (nSPS) is 22.9. The van der Waals surface area contributed by atoms with E-state index in [1.54, 1.807) is 83.1 Å². The molecule has 0 aromatic carbocycles. The maximum atomic E-state index is 9.75. The van der Waals surface area contributed by atoms with Gasteiger partial charge in [-0.2, -0.15) is 5.26 Å². The lowest BCUT2D eigenvalue weighted by Gasteiger charge is -2.44. The third-order valence-electron chi connectivity index (χ3n) is 5.99. The van der Waals surface area contributed by atoms with Crippen LogP contribution in [0.4, 0.5) is 17.3 Å². The van der Waals surface area contributed by atoms with E-state index in [1.165, 1.54) is 43.2 Å². The fourth-order valence-electron chi connectivity index (χ4n) is 5.03. The molecule has 0 saturated heterocycles. The maximum Gasteiger partial charge on any atom is 0.673 e. The van der Waals surface area contributed by atoms with Crippen molar-refractivity contribution in [3.63, 3.8) is 0 Å². The van der Waals surface area contributed by atoms with E-state index in [0.717, 1.165) is 0 Å². The van der Waals surface area contributed by atoms with Crippen molar-refractivity contribution in [3.05, 3.63) is 0 Å². The Labute approximate surface area is 164 Å². The fourth-order valence-corrected chi connectivity index (χ4v) is 9.71. The molecule has 0 aromatic heterocycles. The van der Waals surface area contributed by atoms with E-state index >= 15 is 0 Å². The first-order valence-electron chi connectivity index (χ1n) is 10.8. The molecule has 0 bridgehead atoms. The molecule has 3 saturated carbocycles. The molecule has 0 amide bonds. The Kier molecular flexibility index (Phi) is 12.7. The molecule has 0 radical (unpaired) electrons. The molecule has 3 fully saturated rings. The molecule has 3 aliphatic carbocycles. The van der Waals surface area contributed by atoms with Crippen molar-refractivity contribution >= 4 is 15.2 Å². The average molecular weight is 408 g/mol.